The van der Waals surface area contributed by atoms with E-state index in [1.807, 2.05) is 41.8 Å². The lowest BCUT2D eigenvalue weighted by molar-refractivity contribution is 0.415. The molecular weight excluding hydrogens is 318 g/mol. The second-order valence-corrected chi connectivity index (χ2v) is 5.45. The zero-order valence-electron chi connectivity index (χ0n) is 11.2. The molecule has 0 fully saturated rings. The maximum atomic E-state index is 6.06. The topological polar surface area (TPSA) is 53.1 Å². The van der Waals surface area contributed by atoms with Crippen molar-refractivity contribution in [2.45, 2.75) is 6.92 Å². The number of hydrogen-bond donors (Lipinski definition) is 1. The standard InChI is InChI=1S/C15H14BrN3O/c1-9-7-10(3-5-12(9)16)19-14-6-4-11(20-2)8-13(14)18-15(19)17/h3-8H,1-2H3,(H2,17,18). The summed E-state index contributed by atoms with van der Waals surface area (Å²) in [6, 6.07) is 11.9. The number of rotatable bonds is 2. The van der Waals surface area contributed by atoms with Crippen LogP contribution in [0.4, 0.5) is 5.95 Å². The molecule has 0 amide bonds. The summed E-state index contributed by atoms with van der Waals surface area (Å²) < 4.78 is 8.23. The van der Waals surface area contributed by atoms with Crippen molar-refractivity contribution in [1.29, 1.82) is 0 Å². The molecular formula is C15H14BrN3O. The van der Waals surface area contributed by atoms with Gasteiger partial charge in [0.2, 0.25) is 5.95 Å². The molecule has 3 aromatic rings. The van der Waals surface area contributed by atoms with Crippen LogP contribution in [0.1, 0.15) is 5.56 Å². The van der Waals surface area contributed by atoms with Gasteiger partial charge in [-0.2, -0.15) is 0 Å². The second kappa shape index (κ2) is 4.83. The minimum absolute atomic E-state index is 0.468. The van der Waals surface area contributed by atoms with Crippen LogP contribution in [0.2, 0.25) is 0 Å². The highest BCUT2D eigenvalue weighted by atomic mass is 79.9. The van der Waals surface area contributed by atoms with E-state index in [-0.39, 0.29) is 0 Å². The summed E-state index contributed by atoms with van der Waals surface area (Å²) in [5, 5.41) is 0. The zero-order valence-corrected chi connectivity index (χ0v) is 12.8. The molecule has 0 bridgehead atoms. The van der Waals surface area contributed by atoms with Gasteiger partial charge in [0.1, 0.15) is 5.75 Å². The monoisotopic (exact) mass is 331 g/mol. The minimum atomic E-state index is 0.468. The Balaban J connectivity index is 2.24. The highest BCUT2D eigenvalue weighted by Crippen LogP contribution is 2.28. The lowest BCUT2D eigenvalue weighted by Gasteiger charge is -2.08. The number of aromatic nitrogens is 2. The van der Waals surface area contributed by atoms with E-state index in [4.69, 9.17) is 10.5 Å². The van der Waals surface area contributed by atoms with Gasteiger partial charge >= 0.3 is 0 Å². The van der Waals surface area contributed by atoms with Gasteiger partial charge in [-0.15, -0.1) is 0 Å². The first kappa shape index (κ1) is 13.0. The van der Waals surface area contributed by atoms with Crippen LogP contribution < -0.4 is 10.5 Å². The van der Waals surface area contributed by atoms with Crippen LogP contribution in [0.15, 0.2) is 40.9 Å². The summed E-state index contributed by atoms with van der Waals surface area (Å²) in [5.41, 5.74) is 10.00. The zero-order chi connectivity index (χ0) is 14.3. The Bertz CT molecular complexity index is 795. The van der Waals surface area contributed by atoms with Gasteiger partial charge in [-0.1, -0.05) is 15.9 Å². The van der Waals surface area contributed by atoms with Gasteiger partial charge in [-0.05, 0) is 42.8 Å². The van der Waals surface area contributed by atoms with Crippen molar-refractivity contribution in [3.05, 3.63) is 46.4 Å². The van der Waals surface area contributed by atoms with Crippen LogP contribution in [-0.2, 0) is 0 Å². The number of anilines is 1. The third-order valence-electron chi connectivity index (χ3n) is 3.29. The third kappa shape index (κ3) is 2.04. The molecule has 0 aliphatic rings. The molecule has 3 rings (SSSR count). The molecule has 20 heavy (non-hydrogen) atoms. The van der Waals surface area contributed by atoms with E-state index < -0.39 is 0 Å². The molecule has 5 heteroatoms. The van der Waals surface area contributed by atoms with Crippen LogP contribution in [0.3, 0.4) is 0 Å². The number of hydrogen-bond acceptors (Lipinski definition) is 3. The van der Waals surface area contributed by atoms with E-state index in [1.54, 1.807) is 7.11 Å². The van der Waals surface area contributed by atoms with Crippen molar-refractivity contribution in [2.24, 2.45) is 0 Å². The predicted molar refractivity (Wildman–Crippen MR) is 84.5 cm³/mol. The van der Waals surface area contributed by atoms with Crippen molar-refractivity contribution < 1.29 is 4.74 Å². The van der Waals surface area contributed by atoms with E-state index in [0.717, 1.165) is 32.5 Å². The summed E-state index contributed by atoms with van der Waals surface area (Å²) in [5.74, 6) is 1.24. The van der Waals surface area contributed by atoms with Crippen LogP contribution in [0.25, 0.3) is 16.7 Å². The number of benzene rings is 2. The average molecular weight is 332 g/mol. The molecule has 0 saturated heterocycles. The molecule has 0 radical (unpaired) electrons. The van der Waals surface area contributed by atoms with Crippen molar-refractivity contribution in [3.8, 4) is 11.4 Å². The Labute approximate surface area is 125 Å². The first-order chi connectivity index (χ1) is 9.60. The van der Waals surface area contributed by atoms with E-state index in [2.05, 4.69) is 27.0 Å². The normalized spacial score (nSPS) is 10.9. The van der Waals surface area contributed by atoms with Crippen LogP contribution in [0, 0.1) is 6.92 Å². The number of nitrogens with zero attached hydrogens (tertiary/aromatic N) is 2. The first-order valence-electron chi connectivity index (χ1n) is 6.18. The summed E-state index contributed by atoms with van der Waals surface area (Å²) in [7, 11) is 1.64. The molecule has 2 aromatic carbocycles. The third-order valence-corrected chi connectivity index (χ3v) is 4.18. The Morgan fingerprint density at radius 1 is 1.20 bits per heavy atom. The van der Waals surface area contributed by atoms with Gasteiger partial charge in [0, 0.05) is 16.2 Å². The molecule has 0 saturated carbocycles. The molecule has 0 atom stereocenters. The number of imidazole rings is 1. The lowest BCUT2D eigenvalue weighted by atomic mass is 10.2. The maximum absolute atomic E-state index is 6.06. The Morgan fingerprint density at radius 3 is 2.70 bits per heavy atom. The van der Waals surface area contributed by atoms with Crippen molar-refractivity contribution in [1.82, 2.24) is 9.55 Å². The number of methoxy groups -OCH3 is 1. The van der Waals surface area contributed by atoms with Crippen LogP contribution in [0.5, 0.6) is 5.75 Å². The van der Waals surface area contributed by atoms with Crippen molar-refractivity contribution in [2.75, 3.05) is 12.8 Å². The van der Waals surface area contributed by atoms with E-state index in [0.29, 0.717) is 5.95 Å². The number of ether oxygens (including phenoxy) is 1. The van der Waals surface area contributed by atoms with Gasteiger partial charge in [0.25, 0.3) is 0 Å². The number of fused-ring (bicyclic) bond motifs is 1. The van der Waals surface area contributed by atoms with Crippen LogP contribution >= 0.6 is 15.9 Å². The number of nitrogen functional groups attached to an aromatic ring is 1. The first-order valence-corrected chi connectivity index (χ1v) is 6.98. The van der Waals surface area contributed by atoms with Crippen LogP contribution in [-0.4, -0.2) is 16.7 Å². The highest BCUT2D eigenvalue weighted by molar-refractivity contribution is 9.10. The van der Waals surface area contributed by atoms with E-state index >= 15 is 0 Å². The van der Waals surface area contributed by atoms with Gasteiger partial charge in [-0.25, -0.2) is 4.98 Å². The lowest BCUT2D eigenvalue weighted by Crippen LogP contribution is -2.00. The SMILES string of the molecule is COc1ccc2c(c1)nc(N)n2-c1ccc(Br)c(C)c1. The molecule has 102 valence electrons. The molecule has 0 spiro atoms. The van der Waals surface area contributed by atoms with Gasteiger partial charge in [0.15, 0.2) is 0 Å². The van der Waals surface area contributed by atoms with Crippen molar-refractivity contribution in [3.63, 3.8) is 0 Å². The highest BCUT2D eigenvalue weighted by Gasteiger charge is 2.11. The number of aryl methyl sites for hydroxylation is 1. The summed E-state index contributed by atoms with van der Waals surface area (Å²) in [6.07, 6.45) is 0. The minimum Gasteiger partial charge on any atom is -0.497 e. The van der Waals surface area contributed by atoms with E-state index in [9.17, 15) is 0 Å². The smallest absolute Gasteiger partial charge is 0.205 e. The maximum Gasteiger partial charge on any atom is 0.205 e. The molecule has 2 N–H and O–H groups in total. The molecule has 0 aliphatic heterocycles. The molecule has 0 unspecified atom stereocenters. The quantitative estimate of drug-likeness (QED) is 0.779. The molecule has 0 aliphatic carbocycles. The Morgan fingerprint density at radius 2 is 2.00 bits per heavy atom. The Kier molecular flexibility index (Phi) is 3.14. The number of nitrogens with two attached hydrogens (primary N) is 1. The van der Waals surface area contributed by atoms with E-state index in [1.165, 1.54) is 0 Å². The molecule has 4 nitrogen and oxygen atoms in total. The van der Waals surface area contributed by atoms with Gasteiger partial charge in [0.05, 0.1) is 18.1 Å². The Hall–Kier alpha value is -2.01. The fourth-order valence-corrected chi connectivity index (χ4v) is 2.49. The van der Waals surface area contributed by atoms with Gasteiger partial charge < -0.3 is 10.5 Å². The van der Waals surface area contributed by atoms with Gasteiger partial charge in [-0.3, -0.25) is 4.57 Å². The second-order valence-electron chi connectivity index (χ2n) is 4.59. The molecule has 1 heterocycles. The summed E-state index contributed by atoms with van der Waals surface area (Å²) in [4.78, 5) is 4.40. The number of halogens is 1. The average Bonchev–Trinajstić information content (AvgIpc) is 2.76. The summed E-state index contributed by atoms with van der Waals surface area (Å²) >= 11 is 3.51. The predicted octanol–water partition coefficient (Wildman–Crippen LogP) is 3.69. The summed E-state index contributed by atoms with van der Waals surface area (Å²) in [6.45, 7) is 2.05. The largest absolute Gasteiger partial charge is 0.497 e. The fraction of sp³-hybridized carbons (Fsp3) is 0.133. The van der Waals surface area contributed by atoms with Crippen molar-refractivity contribution >= 4 is 32.9 Å². The fourth-order valence-electron chi connectivity index (χ4n) is 2.24. The molecule has 1 aromatic heterocycles.